The van der Waals surface area contributed by atoms with Crippen LogP contribution in [0.5, 0.6) is 0 Å². The van der Waals surface area contributed by atoms with Crippen LogP contribution in [0.4, 0.5) is 0 Å². The molecular weight excluding hydrogens is 266 g/mol. The summed E-state index contributed by atoms with van der Waals surface area (Å²) in [5, 5.41) is 11.6. The van der Waals surface area contributed by atoms with Gasteiger partial charge in [-0.25, -0.2) is 0 Å². The number of hydrogen-bond donors (Lipinski definition) is 0. The van der Waals surface area contributed by atoms with E-state index in [0.717, 1.165) is 10.4 Å². The number of carbonyl (C=O) groups is 1. The first-order chi connectivity index (χ1) is 8.63. The number of Topliss-reactive ketones (excluding diaryl/α,β-unsaturated/α-hetero) is 1. The van der Waals surface area contributed by atoms with Crippen molar-refractivity contribution in [2.45, 2.75) is 12.8 Å². The summed E-state index contributed by atoms with van der Waals surface area (Å²) in [6.45, 7) is 1.87. The molecule has 0 aliphatic rings. The van der Waals surface area contributed by atoms with Gasteiger partial charge in [0.15, 0.2) is 5.78 Å². The second kappa shape index (κ2) is 5.34. The molecule has 0 N–H and O–H groups in total. The Labute approximate surface area is 114 Å². The van der Waals surface area contributed by atoms with E-state index in [4.69, 9.17) is 16.9 Å². The van der Waals surface area contributed by atoms with Crippen molar-refractivity contribution >= 4 is 28.7 Å². The first-order valence-corrected chi connectivity index (χ1v) is 6.62. The van der Waals surface area contributed by atoms with E-state index >= 15 is 0 Å². The molecule has 0 radical (unpaired) electrons. The van der Waals surface area contributed by atoms with Crippen LogP contribution < -0.4 is 0 Å². The molecule has 1 aromatic heterocycles. The number of benzene rings is 1. The van der Waals surface area contributed by atoms with Crippen LogP contribution >= 0.6 is 22.9 Å². The van der Waals surface area contributed by atoms with E-state index in [-0.39, 0.29) is 5.78 Å². The minimum absolute atomic E-state index is 0.207. The quantitative estimate of drug-likeness (QED) is 0.788. The lowest BCUT2D eigenvalue weighted by Crippen LogP contribution is -2.10. The Bertz CT molecular complexity index is 613. The number of ketones is 1. The molecule has 2 rings (SSSR count). The van der Waals surface area contributed by atoms with E-state index in [1.807, 2.05) is 18.4 Å². The summed E-state index contributed by atoms with van der Waals surface area (Å²) < 4.78 is 0. The van der Waals surface area contributed by atoms with Crippen molar-refractivity contribution in [3.8, 4) is 6.07 Å². The zero-order chi connectivity index (χ0) is 13.1. The van der Waals surface area contributed by atoms with Gasteiger partial charge in [-0.2, -0.15) is 5.26 Å². The first-order valence-electron chi connectivity index (χ1n) is 5.37. The van der Waals surface area contributed by atoms with Gasteiger partial charge < -0.3 is 0 Å². The average Bonchev–Trinajstić information content (AvgIpc) is 2.87. The summed E-state index contributed by atoms with van der Waals surface area (Å²) in [4.78, 5) is 13.0. The fraction of sp³-hybridized carbons (Fsp3) is 0.143. The number of carbonyl (C=O) groups excluding carboxylic acids is 1. The fourth-order valence-corrected chi connectivity index (χ4v) is 2.57. The Morgan fingerprint density at radius 3 is 2.78 bits per heavy atom. The molecule has 0 saturated carbocycles. The number of rotatable bonds is 3. The van der Waals surface area contributed by atoms with Crippen molar-refractivity contribution < 1.29 is 4.79 Å². The molecule has 18 heavy (non-hydrogen) atoms. The van der Waals surface area contributed by atoms with Gasteiger partial charge in [0, 0.05) is 15.5 Å². The molecule has 0 aliphatic heterocycles. The molecule has 1 aromatic carbocycles. The van der Waals surface area contributed by atoms with E-state index in [0.29, 0.717) is 10.6 Å². The lowest BCUT2D eigenvalue weighted by Gasteiger charge is -2.07. The molecule has 0 aliphatic carbocycles. The van der Waals surface area contributed by atoms with Gasteiger partial charge in [-0.3, -0.25) is 4.79 Å². The lowest BCUT2D eigenvalue weighted by atomic mass is 9.97. The van der Waals surface area contributed by atoms with Gasteiger partial charge in [-0.15, -0.1) is 11.3 Å². The largest absolute Gasteiger partial charge is 0.292 e. The number of halogens is 1. The van der Waals surface area contributed by atoms with Crippen LogP contribution in [0, 0.1) is 18.3 Å². The maximum atomic E-state index is 12.3. The molecule has 0 fully saturated rings. The molecule has 0 saturated heterocycles. The summed E-state index contributed by atoms with van der Waals surface area (Å²) in [6, 6.07) is 10.8. The third-order valence-electron chi connectivity index (χ3n) is 2.68. The van der Waals surface area contributed by atoms with Crippen LogP contribution in [0.2, 0.25) is 5.02 Å². The van der Waals surface area contributed by atoms with Crippen molar-refractivity contribution in [1.82, 2.24) is 0 Å². The lowest BCUT2D eigenvalue weighted by molar-refractivity contribution is 0.0980. The molecule has 1 unspecified atom stereocenters. The van der Waals surface area contributed by atoms with Crippen molar-refractivity contribution in [3.63, 3.8) is 0 Å². The fourth-order valence-electron chi connectivity index (χ4n) is 1.62. The molecule has 0 spiro atoms. The standard InChI is InChI=1S/C14H10ClNOS/c1-9-4-5-10(7-12(9)15)14(17)11(8-16)13-3-2-6-18-13/h2-7,11H,1H3. The van der Waals surface area contributed by atoms with Crippen LogP contribution in [-0.2, 0) is 0 Å². The molecular formula is C14H10ClNOS. The highest BCUT2D eigenvalue weighted by molar-refractivity contribution is 7.10. The van der Waals surface area contributed by atoms with Gasteiger partial charge in [0.05, 0.1) is 6.07 Å². The Kier molecular flexibility index (Phi) is 3.81. The minimum atomic E-state index is -0.747. The van der Waals surface area contributed by atoms with E-state index in [1.54, 1.807) is 24.3 Å². The van der Waals surface area contributed by atoms with Gasteiger partial charge in [0.1, 0.15) is 5.92 Å². The molecule has 2 aromatic rings. The van der Waals surface area contributed by atoms with E-state index in [1.165, 1.54) is 11.3 Å². The van der Waals surface area contributed by atoms with E-state index in [2.05, 4.69) is 6.07 Å². The maximum absolute atomic E-state index is 12.3. The molecule has 0 amide bonds. The van der Waals surface area contributed by atoms with Crippen molar-refractivity contribution in [3.05, 3.63) is 56.7 Å². The molecule has 1 heterocycles. The number of hydrogen-bond acceptors (Lipinski definition) is 3. The average molecular weight is 276 g/mol. The number of nitriles is 1. The van der Waals surface area contributed by atoms with Crippen LogP contribution in [-0.4, -0.2) is 5.78 Å². The van der Waals surface area contributed by atoms with E-state index in [9.17, 15) is 4.79 Å². The van der Waals surface area contributed by atoms with Gasteiger partial charge >= 0.3 is 0 Å². The molecule has 1 atom stereocenters. The summed E-state index contributed by atoms with van der Waals surface area (Å²) in [6.07, 6.45) is 0. The Morgan fingerprint density at radius 1 is 1.44 bits per heavy atom. The zero-order valence-electron chi connectivity index (χ0n) is 9.68. The van der Waals surface area contributed by atoms with E-state index < -0.39 is 5.92 Å². The molecule has 90 valence electrons. The molecule has 4 heteroatoms. The summed E-state index contributed by atoms with van der Waals surface area (Å²) >= 11 is 7.41. The highest BCUT2D eigenvalue weighted by Gasteiger charge is 2.22. The summed E-state index contributed by atoms with van der Waals surface area (Å²) in [5.74, 6) is -0.953. The van der Waals surface area contributed by atoms with Crippen LogP contribution in [0.3, 0.4) is 0 Å². The first kappa shape index (κ1) is 12.8. The third-order valence-corrected chi connectivity index (χ3v) is 4.02. The van der Waals surface area contributed by atoms with Crippen molar-refractivity contribution in [2.75, 3.05) is 0 Å². The summed E-state index contributed by atoms with van der Waals surface area (Å²) in [7, 11) is 0. The Balaban J connectivity index is 2.36. The minimum Gasteiger partial charge on any atom is -0.292 e. The third kappa shape index (κ3) is 2.45. The van der Waals surface area contributed by atoms with Gasteiger partial charge in [0.2, 0.25) is 0 Å². The maximum Gasteiger partial charge on any atom is 0.185 e. The zero-order valence-corrected chi connectivity index (χ0v) is 11.3. The topological polar surface area (TPSA) is 40.9 Å². The van der Waals surface area contributed by atoms with Crippen LogP contribution in [0.15, 0.2) is 35.7 Å². The van der Waals surface area contributed by atoms with Crippen LogP contribution in [0.25, 0.3) is 0 Å². The highest BCUT2D eigenvalue weighted by atomic mass is 35.5. The predicted molar refractivity (Wildman–Crippen MR) is 73.2 cm³/mol. The predicted octanol–water partition coefficient (Wildman–Crippen LogP) is 4.20. The SMILES string of the molecule is Cc1ccc(C(=O)C(C#N)c2cccs2)cc1Cl. The molecule has 0 bridgehead atoms. The highest BCUT2D eigenvalue weighted by Crippen LogP contribution is 2.26. The second-order valence-corrected chi connectivity index (χ2v) is 5.29. The van der Waals surface area contributed by atoms with Gasteiger partial charge in [-0.1, -0.05) is 29.8 Å². The van der Waals surface area contributed by atoms with Gasteiger partial charge in [-0.05, 0) is 30.0 Å². The number of nitrogens with zero attached hydrogens (tertiary/aromatic N) is 1. The smallest absolute Gasteiger partial charge is 0.185 e. The number of thiophene rings is 1. The number of aryl methyl sites for hydroxylation is 1. The Hall–Kier alpha value is -1.63. The molecule has 2 nitrogen and oxygen atoms in total. The van der Waals surface area contributed by atoms with Crippen molar-refractivity contribution in [1.29, 1.82) is 5.26 Å². The Morgan fingerprint density at radius 2 is 2.22 bits per heavy atom. The van der Waals surface area contributed by atoms with Crippen LogP contribution in [0.1, 0.15) is 26.7 Å². The normalized spacial score (nSPS) is 11.8. The van der Waals surface area contributed by atoms with Gasteiger partial charge in [0.25, 0.3) is 0 Å². The monoisotopic (exact) mass is 275 g/mol. The summed E-state index contributed by atoms with van der Waals surface area (Å²) in [5.41, 5.74) is 1.39. The van der Waals surface area contributed by atoms with Crippen molar-refractivity contribution in [2.24, 2.45) is 0 Å². The second-order valence-electron chi connectivity index (χ2n) is 3.91.